The Hall–Kier alpha value is -2.36. The van der Waals surface area contributed by atoms with Crippen LogP contribution >= 0.6 is 0 Å². The first-order valence-corrected chi connectivity index (χ1v) is 7.82. The van der Waals surface area contributed by atoms with Crippen LogP contribution in [0.4, 0.5) is 4.39 Å². The summed E-state index contributed by atoms with van der Waals surface area (Å²) in [4.78, 5) is 11.8. The number of methoxy groups -OCH3 is 1. The Morgan fingerprint density at radius 1 is 1.09 bits per heavy atom. The van der Waals surface area contributed by atoms with Gasteiger partial charge in [-0.2, -0.15) is 0 Å². The number of rotatable bonds is 8. The first-order valence-electron chi connectivity index (χ1n) is 7.82. The monoisotopic (exact) mass is 315 g/mol. The Bertz CT molecular complexity index is 626. The lowest BCUT2D eigenvalue weighted by Crippen LogP contribution is -2.22. The highest BCUT2D eigenvalue weighted by atomic mass is 19.1. The van der Waals surface area contributed by atoms with Crippen LogP contribution in [0.5, 0.6) is 5.75 Å². The second-order valence-electron chi connectivity index (χ2n) is 5.42. The number of hydrogen-bond acceptors (Lipinski definition) is 2. The number of aryl methyl sites for hydroxylation is 1. The normalized spacial score (nSPS) is 10.3. The first-order chi connectivity index (χ1) is 11.2. The number of hydrogen-bond donors (Lipinski definition) is 1. The molecular formula is C19H22FNO2. The molecule has 0 aliphatic heterocycles. The van der Waals surface area contributed by atoms with E-state index in [0.29, 0.717) is 12.0 Å². The van der Waals surface area contributed by atoms with Gasteiger partial charge in [-0.15, -0.1) is 0 Å². The second-order valence-corrected chi connectivity index (χ2v) is 5.42. The fourth-order valence-electron chi connectivity index (χ4n) is 2.33. The highest BCUT2D eigenvalue weighted by Gasteiger charge is 2.04. The Labute approximate surface area is 136 Å². The molecule has 0 saturated heterocycles. The van der Waals surface area contributed by atoms with Crippen molar-refractivity contribution in [3.8, 4) is 5.75 Å². The maximum Gasteiger partial charge on any atom is 0.220 e. The molecule has 3 nitrogen and oxygen atoms in total. The molecule has 2 aromatic rings. The molecule has 1 N–H and O–H groups in total. The molecule has 0 unspecified atom stereocenters. The molecule has 122 valence electrons. The van der Waals surface area contributed by atoms with Gasteiger partial charge in [0.25, 0.3) is 0 Å². The maximum absolute atomic E-state index is 13.4. The summed E-state index contributed by atoms with van der Waals surface area (Å²) in [5, 5.41) is 2.76. The third-order valence-corrected chi connectivity index (χ3v) is 3.71. The van der Waals surface area contributed by atoms with Crippen LogP contribution < -0.4 is 10.1 Å². The largest absolute Gasteiger partial charge is 0.497 e. The molecule has 0 aliphatic rings. The van der Waals surface area contributed by atoms with Gasteiger partial charge in [-0.3, -0.25) is 4.79 Å². The zero-order valence-electron chi connectivity index (χ0n) is 13.3. The van der Waals surface area contributed by atoms with Gasteiger partial charge in [0.15, 0.2) is 0 Å². The smallest absolute Gasteiger partial charge is 0.220 e. The van der Waals surface area contributed by atoms with Crippen LogP contribution in [0.1, 0.15) is 30.4 Å². The van der Waals surface area contributed by atoms with Gasteiger partial charge < -0.3 is 10.1 Å². The molecule has 0 saturated carbocycles. The topological polar surface area (TPSA) is 38.3 Å². The van der Waals surface area contributed by atoms with E-state index in [4.69, 9.17) is 4.74 Å². The summed E-state index contributed by atoms with van der Waals surface area (Å²) in [6.07, 6.45) is 3.16. The highest BCUT2D eigenvalue weighted by molar-refractivity contribution is 5.75. The summed E-state index contributed by atoms with van der Waals surface area (Å²) >= 11 is 0. The number of carbonyl (C=O) groups excluding carboxylic acids is 1. The van der Waals surface area contributed by atoms with Crippen molar-refractivity contribution in [2.45, 2.75) is 32.2 Å². The first kappa shape index (κ1) is 17.0. The molecule has 0 spiro atoms. The van der Waals surface area contributed by atoms with Crippen molar-refractivity contribution < 1.29 is 13.9 Å². The van der Waals surface area contributed by atoms with Crippen molar-refractivity contribution in [1.82, 2.24) is 5.32 Å². The van der Waals surface area contributed by atoms with Crippen LogP contribution in [-0.4, -0.2) is 13.0 Å². The number of nitrogens with one attached hydrogen (secondary N) is 1. The molecule has 2 rings (SSSR count). The predicted molar refractivity (Wildman–Crippen MR) is 88.8 cm³/mol. The summed E-state index contributed by atoms with van der Waals surface area (Å²) in [5.74, 6) is 0.525. The van der Waals surface area contributed by atoms with E-state index in [2.05, 4.69) is 5.32 Å². The molecule has 0 radical (unpaired) electrons. The number of ether oxygens (including phenoxy) is 1. The van der Waals surface area contributed by atoms with Crippen LogP contribution in [0.2, 0.25) is 0 Å². The van der Waals surface area contributed by atoms with E-state index in [1.165, 1.54) is 11.6 Å². The van der Waals surface area contributed by atoms with Gasteiger partial charge in [-0.05, 0) is 43.0 Å². The Balaban J connectivity index is 1.63. The third-order valence-electron chi connectivity index (χ3n) is 3.71. The van der Waals surface area contributed by atoms with E-state index < -0.39 is 0 Å². The van der Waals surface area contributed by atoms with Gasteiger partial charge >= 0.3 is 0 Å². The molecular weight excluding hydrogens is 293 g/mol. The van der Waals surface area contributed by atoms with Crippen molar-refractivity contribution in [3.05, 3.63) is 65.5 Å². The zero-order chi connectivity index (χ0) is 16.5. The molecule has 23 heavy (non-hydrogen) atoms. The van der Waals surface area contributed by atoms with Gasteiger partial charge in [0.1, 0.15) is 11.6 Å². The van der Waals surface area contributed by atoms with Crippen molar-refractivity contribution >= 4 is 5.91 Å². The van der Waals surface area contributed by atoms with Crippen molar-refractivity contribution in [1.29, 1.82) is 0 Å². The average molecular weight is 315 g/mol. The molecule has 0 bridgehead atoms. The van der Waals surface area contributed by atoms with Gasteiger partial charge in [0, 0.05) is 18.5 Å². The number of halogens is 1. The number of amides is 1. The van der Waals surface area contributed by atoms with Crippen LogP contribution in [0, 0.1) is 5.82 Å². The van der Waals surface area contributed by atoms with Crippen LogP contribution in [0.15, 0.2) is 48.5 Å². The molecule has 4 heteroatoms. The molecule has 2 aromatic carbocycles. The summed E-state index contributed by atoms with van der Waals surface area (Å²) in [7, 11) is 1.65. The zero-order valence-corrected chi connectivity index (χ0v) is 13.3. The summed E-state index contributed by atoms with van der Waals surface area (Å²) in [6, 6.07) is 14.4. The standard InChI is InChI=1S/C19H22FNO2/c1-23-17-12-10-15(11-13-17)6-2-5-9-19(22)21-14-16-7-3-4-8-18(16)20/h3-4,7-8,10-13H,2,5-6,9,14H2,1H3,(H,21,22). The molecule has 0 heterocycles. The van der Waals surface area contributed by atoms with Crippen molar-refractivity contribution in [2.24, 2.45) is 0 Å². The Morgan fingerprint density at radius 2 is 1.83 bits per heavy atom. The van der Waals surface area contributed by atoms with Crippen LogP contribution in [-0.2, 0) is 17.8 Å². The van der Waals surface area contributed by atoms with Crippen LogP contribution in [0.25, 0.3) is 0 Å². The highest BCUT2D eigenvalue weighted by Crippen LogP contribution is 2.13. The van der Waals surface area contributed by atoms with E-state index in [0.717, 1.165) is 25.0 Å². The van der Waals surface area contributed by atoms with E-state index in [-0.39, 0.29) is 18.3 Å². The van der Waals surface area contributed by atoms with E-state index in [1.54, 1.807) is 25.3 Å². The fourth-order valence-corrected chi connectivity index (χ4v) is 2.33. The quantitative estimate of drug-likeness (QED) is 0.751. The lowest BCUT2D eigenvalue weighted by molar-refractivity contribution is -0.121. The fraction of sp³-hybridized carbons (Fsp3) is 0.316. The lowest BCUT2D eigenvalue weighted by Gasteiger charge is -2.07. The third kappa shape index (κ3) is 5.74. The number of carbonyl (C=O) groups is 1. The van der Waals surface area contributed by atoms with E-state index >= 15 is 0 Å². The Kier molecular flexibility index (Phi) is 6.60. The van der Waals surface area contributed by atoms with E-state index in [1.807, 2.05) is 24.3 Å². The second kappa shape index (κ2) is 8.93. The maximum atomic E-state index is 13.4. The minimum absolute atomic E-state index is 0.0389. The Morgan fingerprint density at radius 3 is 2.52 bits per heavy atom. The lowest BCUT2D eigenvalue weighted by atomic mass is 10.1. The number of benzene rings is 2. The van der Waals surface area contributed by atoms with Gasteiger partial charge in [0.2, 0.25) is 5.91 Å². The minimum Gasteiger partial charge on any atom is -0.497 e. The predicted octanol–water partition coefficient (Wildman–Crippen LogP) is 3.86. The molecule has 0 aromatic heterocycles. The summed E-state index contributed by atoms with van der Waals surface area (Å²) in [5.41, 5.74) is 1.75. The van der Waals surface area contributed by atoms with Crippen molar-refractivity contribution in [3.63, 3.8) is 0 Å². The van der Waals surface area contributed by atoms with E-state index in [9.17, 15) is 9.18 Å². The summed E-state index contributed by atoms with van der Waals surface area (Å²) in [6.45, 7) is 0.240. The van der Waals surface area contributed by atoms with Crippen LogP contribution in [0.3, 0.4) is 0 Å². The molecule has 1 amide bonds. The molecule has 0 fully saturated rings. The number of unbranched alkanes of at least 4 members (excludes halogenated alkanes) is 1. The van der Waals surface area contributed by atoms with Gasteiger partial charge in [-0.1, -0.05) is 30.3 Å². The molecule has 0 aliphatic carbocycles. The summed E-state index contributed by atoms with van der Waals surface area (Å²) < 4.78 is 18.5. The molecule has 0 atom stereocenters. The minimum atomic E-state index is -0.285. The van der Waals surface area contributed by atoms with Gasteiger partial charge in [-0.25, -0.2) is 4.39 Å². The van der Waals surface area contributed by atoms with Gasteiger partial charge in [0.05, 0.1) is 7.11 Å². The SMILES string of the molecule is COc1ccc(CCCCC(=O)NCc2ccccc2F)cc1. The van der Waals surface area contributed by atoms with Crippen molar-refractivity contribution in [2.75, 3.05) is 7.11 Å². The average Bonchev–Trinajstić information content (AvgIpc) is 2.58.